The molecule has 4 nitrogen and oxygen atoms in total. The molecule has 0 radical (unpaired) electrons. The fraction of sp³-hybridized carbons (Fsp3) is 0.846. The van der Waals surface area contributed by atoms with Gasteiger partial charge in [0.15, 0.2) is 0 Å². The van der Waals surface area contributed by atoms with Crippen molar-refractivity contribution < 1.29 is 0 Å². The summed E-state index contributed by atoms with van der Waals surface area (Å²) in [6.07, 6.45) is 5.40. The van der Waals surface area contributed by atoms with Crippen LogP contribution in [0.5, 0.6) is 0 Å². The summed E-state index contributed by atoms with van der Waals surface area (Å²) >= 11 is 2.10. The normalized spacial score (nSPS) is 24.4. The first kappa shape index (κ1) is 13.9. The minimum Gasteiger partial charge on any atom is -0.317 e. The summed E-state index contributed by atoms with van der Waals surface area (Å²) in [6.45, 7) is 5.08. The van der Waals surface area contributed by atoms with Gasteiger partial charge in [-0.2, -0.15) is 11.8 Å². The Bertz CT molecular complexity index is 375. The van der Waals surface area contributed by atoms with Crippen molar-refractivity contribution in [2.24, 2.45) is 7.05 Å². The van der Waals surface area contributed by atoms with Gasteiger partial charge in [-0.05, 0) is 25.5 Å². The van der Waals surface area contributed by atoms with E-state index in [0.717, 1.165) is 23.4 Å². The summed E-state index contributed by atoms with van der Waals surface area (Å²) in [7, 11) is 2.03. The predicted octanol–water partition coefficient (Wildman–Crippen LogP) is 2.28. The first-order valence-electron chi connectivity index (χ1n) is 6.92. The van der Waals surface area contributed by atoms with Crippen LogP contribution in [0.3, 0.4) is 0 Å². The highest BCUT2D eigenvalue weighted by Crippen LogP contribution is 2.28. The lowest BCUT2D eigenvalue weighted by Crippen LogP contribution is -2.40. The number of thioether (sulfide) groups is 1. The van der Waals surface area contributed by atoms with E-state index in [-0.39, 0.29) is 0 Å². The molecule has 0 unspecified atom stereocenters. The molecule has 102 valence electrons. The Morgan fingerprint density at radius 1 is 1.33 bits per heavy atom. The van der Waals surface area contributed by atoms with Gasteiger partial charge in [0.05, 0.1) is 6.54 Å². The smallest absolute Gasteiger partial charge is 0.146 e. The van der Waals surface area contributed by atoms with Gasteiger partial charge >= 0.3 is 0 Å². The number of hydrogen-bond donors (Lipinski definition) is 1. The Balaban J connectivity index is 1.89. The number of rotatable bonds is 5. The monoisotopic (exact) mass is 268 g/mol. The van der Waals surface area contributed by atoms with Crippen LogP contribution >= 0.6 is 11.8 Å². The van der Waals surface area contributed by atoms with Crippen LogP contribution in [0.2, 0.25) is 0 Å². The molecule has 1 aliphatic rings. The van der Waals surface area contributed by atoms with E-state index < -0.39 is 0 Å². The number of aromatic nitrogens is 3. The van der Waals surface area contributed by atoms with Gasteiger partial charge in [-0.1, -0.05) is 19.8 Å². The maximum absolute atomic E-state index is 4.21. The van der Waals surface area contributed by atoms with Gasteiger partial charge < -0.3 is 9.88 Å². The summed E-state index contributed by atoms with van der Waals surface area (Å²) in [5.74, 6) is 3.24. The second-order valence-corrected chi connectivity index (χ2v) is 6.50. The molecule has 1 N–H and O–H groups in total. The van der Waals surface area contributed by atoms with Crippen molar-refractivity contribution in [3.05, 3.63) is 11.6 Å². The van der Waals surface area contributed by atoms with Crippen LogP contribution in [-0.2, 0) is 13.6 Å². The predicted molar refractivity (Wildman–Crippen MR) is 76.8 cm³/mol. The molecular formula is C13H24N4S. The SMILES string of the molecule is CCS[C@@H]1CCCC[C@H]1NCc1nnc(C)n1C. The van der Waals surface area contributed by atoms with E-state index in [4.69, 9.17) is 0 Å². The van der Waals surface area contributed by atoms with Gasteiger partial charge in [0.25, 0.3) is 0 Å². The maximum Gasteiger partial charge on any atom is 0.146 e. The average molecular weight is 268 g/mol. The van der Waals surface area contributed by atoms with Crippen molar-refractivity contribution in [3.63, 3.8) is 0 Å². The van der Waals surface area contributed by atoms with Gasteiger partial charge in [0.2, 0.25) is 0 Å². The molecule has 0 aliphatic heterocycles. The van der Waals surface area contributed by atoms with Crippen LogP contribution in [0, 0.1) is 6.92 Å². The van der Waals surface area contributed by atoms with E-state index in [0.29, 0.717) is 6.04 Å². The number of hydrogen-bond acceptors (Lipinski definition) is 4. The molecule has 0 spiro atoms. The van der Waals surface area contributed by atoms with Crippen molar-refractivity contribution in [2.75, 3.05) is 5.75 Å². The van der Waals surface area contributed by atoms with Crippen LogP contribution in [0.4, 0.5) is 0 Å². The minimum atomic E-state index is 0.640. The molecule has 1 saturated carbocycles. The van der Waals surface area contributed by atoms with Crippen molar-refractivity contribution in [2.45, 2.75) is 57.4 Å². The van der Waals surface area contributed by atoms with E-state index in [1.807, 2.05) is 14.0 Å². The quantitative estimate of drug-likeness (QED) is 0.889. The fourth-order valence-electron chi connectivity index (χ4n) is 2.57. The number of nitrogens with one attached hydrogen (secondary N) is 1. The number of nitrogens with zero attached hydrogens (tertiary/aromatic N) is 3. The van der Waals surface area contributed by atoms with Crippen molar-refractivity contribution in [3.8, 4) is 0 Å². The Morgan fingerprint density at radius 3 is 2.78 bits per heavy atom. The van der Waals surface area contributed by atoms with Crippen molar-refractivity contribution in [1.82, 2.24) is 20.1 Å². The van der Waals surface area contributed by atoms with E-state index in [1.54, 1.807) is 0 Å². The third-order valence-corrected chi connectivity index (χ3v) is 5.11. The minimum absolute atomic E-state index is 0.640. The maximum atomic E-state index is 4.21. The summed E-state index contributed by atoms with van der Waals surface area (Å²) in [5, 5.41) is 12.8. The molecule has 18 heavy (non-hydrogen) atoms. The highest BCUT2D eigenvalue weighted by atomic mass is 32.2. The van der Waals surface area contributed by atoms with E-state index in [9.17, 15) is 0 Å². The third-order valence-electron chi connectivity index (χ3n) is 3.79. The molecule has 2 atom stereocenters. The Morgan fingerprint density at radius 2 is 2.11 bits per heavy atom. The van der Waals surface area contributed by atoms with Gasteiger partial charge in [0, 0.05) is 18.3 Å². The van der Waals surface area contributed by atoms with Crippen molar-refractivity contribution in [1.29, 1.82) is 0 Å². The zero-order valence-corrected chi connectivity index (χ0v) is 12.5. The zero-order chi connectivity index (χ0) is 13.0. The summed E-state index contributed by atoms with van der Waals surface area (Å²) < 4.78 is 2.07. The molecule has 1 heterocycles. The fourth-order valence-corrected chi connectivity index (χ4v) is 3.80. The van der Waals surface area contributed by atoms with Crippen LogP contribution in [-0.4, -0.2) is 31.8 Å². The molecule has 1 fully saturated rings. The molecule has 1 aliphatic carbocycles. The lowest BCUT2D eigenvalue weighted by molar-refractivity contribution is 0.377. The molecule has 5 heteroatoms. The molecular weight excluding hydrogens is 244 g/mol. The lowest BCUT2D eigenvalue weighted by atomic mass is 9.95. The molecule has 2 rings (SSSR count). The van der Waals surface area contributed by atoms with Crippen LogP contribution in [0.1, 0.15) is 44.3 Å². The van der Waals surface area contributed by atoms with Gasteiger partial charge in [0.1, 0.15) is 11.6 Å². The van der Waals surface area contributed by atoms with Gasteiger partial charge in [-0.15, -0.1) is 10.2 Å². The van der Waals surface area contributed by atoms with E-state index >= 15 is 0 Å². The molecule has 1 aromatic heterocycles. The highest BCUT2D eigenvalue weighted by Gasteiger charge is 2.24. The lowest BCUT2D eigenvalue weighted by Gasteiger charge is -2.31. The Labute approximate surface area is 114 Å². The summed E-state index contributed by atoms with van der Waals surface area (Å²) in [5.41, 5.74) is 0. The summed E-state index contributed by atoms with van der Waals surface area (Å²) in [6, 6.07) is 0.640. The highest BCUT2D eigenvalue weighted by molar-refractivity contribution is 7.99. The first-order valence-corrected chi connectivity index (χ1v) is 7.97. The molecule has 0 saturated heterocycles. The van der Waals surface area contributed by atoms with E-state index in [1.165, 1.54) is 31.4 Å². The summed E-state index contributed by atoms with van der Waals surface area (Å²) in [4.78, 5) is 0. The van der Waals surface area contributed by atoms with Crippen LogP contribution < -0.4 is 5.32 Å². The molecule has 0 bridgehead atoms. The van der Waals surface area contributed by atoms with Gasteiger partial charge in [-0.25, -0.2) is 0 Å². The first-order chi connectivity index (χ1) is 8.72. The second-order valence-electron chi connectivity index (χ2n) is 4.99. The van der Waals surface area contributed by atoms with Crippen LogP contribution in [0.15, 0.2) is 0 Å². The largest absolute Gasteiger partial charge is 0.317 e. The topological polar surface area (TPSA) is 42.7 Å². The number of aryl methyl sites for hydroxylation is 1. The molecule has 0 amide bonds. The van der Waals surface area contributed by atoms with Crippen LogP contribution in [0.25, 0.3) is 0 Å². The van der Waals surface area contributed by atoms with Crippen molar-refractivity contribution >= 4 is 11.8 Å². The molecule has 0 aromatic carbocycles. The zero-order valence-electron chi connectivity index (χ0n) is 11.6. The van der Waals surface area contributed by atoms with Gasteiger partial charge in [-0.3, -0.25) is 0 Å². The Hall–Kier alpha value is -0.550. The second kappa shape index (κ2) is 6.57. The Kier molecular flexibility index (Phi) is 5.06. The van der Waals surface area contributed by atoms with E-state index in [2.05, 4.69) is 38.8 Å². The molecule has 1 aromatic rings. The average Bonchev–Trinajstić information content (AvgIpc) is 2.70. The third kappa shape index (κ3) is 3.26. The standard InChI is InChI=1S/C13H24N4S/c1-4-18-12-8-6-5-7-11(12)14-9-13-16-15-10(2)17(13)3/h11-12,14H,4-9H2,1-3H3/t11-,12-/m1/s1.